The van der Waals surface area contributed by atoms with Crippen LogP contribution in [0.3, 0.4) is 0 Å². The van der Waals surface area contributed by atoms with Crippen molar-refractivity contribution >= 4 is 17.7 Å². The van der Waals surface area contributed by atoms with E-state index in [1.54, 1.807) is 6.07 Å². The third-order valence-corrected chi connectivity index (χ3v) is 4.24. The number of carbonyl (C=O) groups excluding carboxylic acids is 1. The van der Waals surface area contributed by atoms with E-state index < -0.39 is 0 Å². The number of guanidine groups is 1. The second kappa shape index (κ2) is 13.1. The number of rotatable bonds is 11. The number of aryl methyl sites for hydroxylation is 1. The highest BCUT2D eigenvalue weighted by Gasteiger charge is 2.15. The molecule has 8 heteroatoms. The maximum Gasteiger partial charge on any atom is 0.227 e. The first-order valence-electron chi connectivity index (χ1n) is 10.1. The lowest BCUT2D eigenvalue weighted by Crippen LogP contribution is -2.38. The summed E-state index contributed by atoms with van der Waals surface area (Å²) in [5.74, 6) is 1.76. The summed E-state index contributed by atoms with van der Waals surface area (Å²) >= 11 is 0. The van der Waals surface area contributed by atoms with Crippen molar-refractivity contribution in [3.63, 3.8) is 0 Å². The van der Waals surface area contributed by atoms with Gasteiger partial charge in [0.1, 0.15) is 5.82 Å². The Bertz CT molecular complexity index is 618. The predicted octanol–water partition coefficient (Wildman–Crippen LogP) is 1.72. The fourth-order valence-electron chi connectivity index (χ4n) is 2.78. The molecule has 1 amide bonds. The molecule has 1 fully saturated rings. The summed E-state index contributed by atoms with van der Waals surface area (Å²) in [6, 6.07) is 5.55. The average Bonchev–Trinajstić information content (AvgIpc) is 3.18. The normalized spacial score (nSPS) is 16.8. The predicted molar refractivity (Wildman–Crippen MR) is 111 cm³/mol. The Kier molecular flexibility index (Phi) is 10.3. The third kappa shape index (κ3) is 9.14. The number of aliphatic imine (C=N–C) groups is 1. The first-order chi connectivity index (χ1) is 13.7. The zero-order valence-electron chi connectivity index (χ0n) is 17.0. The number of aromatic nitrogens is 1. The maximum absolute atomic E-state index is 12.0. The Labute approximate surface area is 167 Å². The van der Waals surface area contributed by atoms with Crippen molar-refractivity contribution in [3.8, 4) is 0 Å². The van der Waals surface area contributed by atoms with Crippen LogP contribution in [0.5, 0.6) is 0 Å². The molecule has 0 bridgehead atoms. The molecule has 1 aliphatic rings. The van der Waals surface area contributed by atoms with Crippen molar-refractivity contribution < 1.29 is 14.3 Å². The van der Waals surface area contributed by atoms with Gasteiger partial charge in [-0.3, -0.25) is 9.79 Å². The van der Waals surface area contributed by atoms with Crippen molar-refractivity contribution in [3.05, 3.63) is 23.9 Å². The molecule has 1 aromatic heterocycles. The van der Waals surface area contributed by atoms with E-state index in [0.29, 0.717) is 43.8 Å². The lowest BCUT2D eigenvalue weighted by atomic mass is 10.1. The summed E-state index contributed by atoms with van der Waals surface area (Å²) in [5, 5.41) is 9.17. The molecule has 2 rings (SSSR count). The minimum Gasteiger partial charge on any atom is -0.381 e. The van der Waals surface area contributed by atoms with E-state index in [-0.39, 0.29) is 5.91 Å². The number of pyridine rings is 1. The van der Waals surface area contributed by atoms with E-state index in [0.717, 1.165) is 44.9 Å². The minimum atomic E-state index is -0.0780. The summed E-state index contributed by atoms with van der Waals surface area (Å²) in [5.41, 5.74) is 0.873. The quantitative estimate of drug-likeness (QED) is 0.302. The van der Waals surface area contributed by atoms with Gasteiger partial charge in [0, 0.05) is 50.9 Å². The first kappa shape index (κ1) is 22.1. The monoisotopic (exact) mass is 391 g/mol. The van der Waals surface area contributed by atoms with Crippen LogP contribution in [0.15, 0.2) is 23.2 Å². The largest absolute Gasteiger partial charge is 0.381 e. The maximum atomic E-state index is 12.0. The van der Waals surface area contributed by atoms with E-state index in [1.807, 2.05) is 26.0 Å². The molecule has 1 atom stereocenters. The summed E-state index contributed by atoms with van der Waals surface area (Å²) in [6.07, 6.45) is 2.30. The van der Waals surface area contributed by atoms with Gasteiger partial charge < -0.3 is 25.4 Å². The van der Waals surface area contributed by atoms with Crippen molar-refractivity contribution in [2.24, 2.45) is 10.9 Å². The zero-order chi connectivity index (χ0) is 20.0. The van der Waals surface area contributed by atoms with Gasteiger partial charge in [-0.1, -0.05) is 6.07 Å². The molecule has 1 aromatic rings. The third-order valence-electron chi connectivity index (χ3n) is 4.24. The van der Waals surface area contributed by atoms with Gasteiger partial charge in [0.05, 0.1) is 13.2 Å². The SMILES string of the molecule is CCNC(=NCCCOCC1CCOC1)NCCC(=O)Nc1cccc(C)n1. The highest BCUT2D eigenvalue weighted by atomic mass is 16.5. The van der Waals surface area contributed by atoms with Crippen molar-refractivity contribution in [2.45, 2.75) is 33.1 Å². The molecule has 2 heterocycles. The summed E-state index contributed by atoms with van der Waals surface area (Å²) in [7, 11) is 0. The van der Waals surface area contributed by atoms with Crippen LogP contribution >= 0.6 is 0 Å². The number of carbonyl (C=O) groups is 1. The molecule has 1 saturated heterocycles. The molecule has 3 N–H and O–H groups in total. The molecule has 28 heavy (non-hydrogen) atoms. The summed E-state index contributed by atoms with van der Waals surface area (Å²) in [6.45, 7) is 9.00. The Morgan fingerprint density at radius 2 is 2.29 bits per heavy atom. The van der Waals surface area contributed by atoms with E-state index >= 15 is 0 Å². The number of nitrogens with one attached hydrogen (secondary N) is 3. The molecule has 0 aliphatic carbocycles. The number of ether oxygens (including phenoxy) is 2. The average molecular weight is 392 g/mol. The standard InChI is InChI=1S/C20H33N5O3/c1-3-21-20(22-10-5-12-27-14-17-9-13-28-15-17)23-11-8-19(26)25-18-7-4-6-16(2)24-18/h4,6-7,17H,3,5,8-15H2,1-2H3,(H2,21,22,23)(H,24,25,26). The van der Waals surface area contributed by atoms with Crippen LogP contribution in [0.25, 0.3) is 0 Å². The highest BCUT2D eigenvalue weighted by molar-refractivity contribution is 5.90. The van der Waals surface area contributed by atoms with Gasteiger partial charge in [-0.15, -0.1) is 0 Å². The van der Waals surface area contributed by atoms with Gasteiger partial charge in [0.15, 0.2) is 5.96 Å². The molecule has 1 unspecified atom stereocenters. The van der Waals surface area contributed by atoms with Gasteiger partial charge in [-0.05, 0) is 38.8 Å². The molecule has 156 valence electrons. The minimum absolute atomic E-state index is 0.0780. The topological polar surface area (TPSA) is 96.9 Å². The first-order valence-corrected chi connectivity index (χ1v) is 10.1. The van der Waals surface area contributed by atoms with Crippen LogP contribution in [0.4, 0.5) is 5.82 Å². The molecule has 0 radical (unpaired) electrons. The molecule has 0 saturated carbocycles. The molecular weight excluding hydrogens is 358 g/mol. The van der Waals surface area contributed by atoms with Gasteiger partial charge in [0.25, 0.3) is 0 Å². The van der Waals surface area contributed by atoms with E-state index in [2.05, 4.69) is 25.9 Å². The smallest absolute Gasteiger partial charge is 0.227 e. The van der Waals surface area contributed by atoms with Crippen LogP contribution in [0.1, 0.15) is 31.9 Å². The van der Waals surface area contributed by atoms with Crippen LogP contribution in [0.2, 0.25) is 0 Å². The lowest BCUT2D eigenvalue weighted by Gasteiger charge is -2.12. The van der Waals surface area contributed by atoms with Crippen LogP contribution < -0.4 is 16.0 Å². The fourth-order valence-corrected chi connectivity index (χ4v) is 2.78. The Morgan fingerprint density at radius 1 is 1.39 bits per heavy atom. The van der Waals surface area contributed by atoms with Crippen molar-refractivity contribution in [2.75, 3.05) is 51.4 Å². The van der Waals surface area contributed by atoms with E-state index in [4.69, 9.17) is 9.47 Å². The lowest BCUT2D eigenvalue weighted by molar-refractivity contribution is -0.116. The van der Waals surface area contributed by atoms with E-state index in [1.165, 1.54) is 0 Å². The Balaban J connectivity index is 1.59. The van der Waals surface area contributed by atoms with Gasteiger partial charge >= 0.3 is 0 Å². The van der Waals surface area contributed by atoms with E-state index in [9.17, 15) is 4.79 Å². The van der Waals surface area contributed by atoms with Gasteiger partial charge in [-0.2, -0.15) is 0 Å². The van der Waals surface area contributed by atoms with Crippen LogP contribution in [-0.2, 0) is 14.3 Å². The summed E-state index contributed by atoms with van der Waals surface area (Å²) < 4.78 is 11.0. The van der Waals surface area contributed by atoms with Crippen LogP contribution in [0, 0.1) is 12.8 Å². The number of nitrogens with zero attached hydrogens (tertiary/aromatic N) is 2. The summed E-state index contributed by atoms with van der Waals surface area (Å²) in [4.78, 5) is 20.8. The Morgan fingerprint density at radius 3 is 3.04 bits per heavy atom. The van der Waals surface area contributed by atoms with Crippen molar-refractivity contribution in [1.29, 1.82) is 0 Å². The molecular formula is C20H33N5O3. The second-order valence-corrected chi connectivity index (χ2v) is 6.81. The molecule has 1 aliphatic heterocycles. The number of anilines is 1. The number of hydrogen-bond donors (Lipinski definition) is 3. The number of hydrogen-bond acceptors (Lipinski definition) is 5. The van der Waals surface area contributed by atoms with Crippen LogP contribution in [-0.4, -0.2) is 62.9 Å². The molecule has 0 spiro atoms. The fraction of sp³-hybridized carbons (Fsp3) is 0.650. The molecule has 8 nitrogen and oxygen atoms in total. The second-order valence-electron chi connectivity index (χ2n) is 6.81. The number of amides is 1. The highest BCUT2D eigenvalue weighted by Crippen LogP contribution is 2.12. The molecule has 0 aromatic carbocycles. The Hall–Kier alpha value is -2.19. The zero-order valence-corrected chi connectivity index (χ0v) is 17.0. The van der Waals surface area contributed by atoms with Crippen molar-refractivity contribution in [1.82, 2.24) is 15.6 Å². The van der Waals surface area contributed by atoms with Gasteiger partial charge in [-0.25, -0.2) is 4.98 Å². The van der Waals surface area contributed by atoms with Gasteiger partial charge in [0.2, 0.25) is 5.91 Å².